The van der Waals surface area contributed by atoms with Gasteiger partial charge in [-0.05, 0) is 61.2 Å². The predicted molar refractivity (Wildman–Crippen MR) is 145 cm³/mol. The van der Waals surface area contributed by atoms with Crippen LogP contribution in [-0.4, -0.2) is 46.3 Å². The molecule has 0 saturated carbocycles. The maximum absolute atomic E-state index is 11.7. The Kier molecular flexibility index (Phi) is 8.41. The number of likely N-dealkylation sites (tertiary alicyclic amines) is 1. The average molecular weight is 497 g/mol. The summed E-state index contributed by atoms with van der Waals surface area (Å²) in [5.74, 6) is 0.105. The van der Waals surface area contributed by atoms with E-state index in [0.717, 1.165) is 12.0 Å². The molecule has 1 amide bonds. The molecule has 2 aromatic carbocycles. The Labute approximate surface area is 207 Å². The van der Waals surface area contributed by atoms with Gasteiger partial charge in [-0.25, -0.2) is 4.79 Å². The largest absolute Gasteiger partial charge is 0.445 e. The highest BCUT2D eigenvalue weighted by Crippen LogP contribution is 2.41. The molecule has 0 N–H and O–H groups in total. The standard InChI is InChI=1S/C14H25NSi2.C13H15NO3/c1-12-9-13(2)11-14(10-12)15-16(3,4)7-8-17(15,5)6;15-12-7-4-8-14(9-12)13(16)17-10-11-5-2-1-3-6-11/h9-11H,7-8H2,1-6H3;1-3,5-6H,4,7-10H2. The molecule has 0 aliphatic carbocycles. The number of hydrogen-bond donors (Lipinski definition) is 0. The maximum Gasteiger partial charge on any atom is 0.410 e. The van der Waals surface area contributed by atoms with E-state index in [0.29, 0.717) is 13.0 Å². The first-order chi connectivity index (χ1) is 16.0. The number of ether oxygens (including phenoxy) is 1. The number of carbonyl (C=O) groups is 2. The Balaban J connectivity index is 0.000000191. The zero-order valence-corrected chi connectivity index (χ0v) is 23.7. The fourth-order valence-electron chi connectivity index (χ4n) is 5.24. The molecule has 34 heavy (non-hydrogen) atoms. The minimum Gasteiger partial charge on any atom is -0.445 e. The van der Waals surface area contributed by atoms with Crippen LogP contribution in [0.2, 0.25) is 38.3 Å². The molecule has 2 heterocycles. The third-order valence-electron chi connectivity index (χ3n) is 6.74. The number of carbonyl (C=O) groups excluding carboxylic acids is 2. The summed E-state index contributed by atoms with van der Waals surface area (Å²) in [7, 11) is -2.39. The first kappa shape index (κ1) is 26.2. The molecular formula is C27H40N2O3Si2. The monoisotopic (exact) mass is 496 g/mol. The lowest BCUT2D eigenvalue weighted by Crippen LogP contribution is -2.55. The number of Topliss-reactive ketones (excluding diaryl/α,β-unsaturated/α-hetero) is 1. The molecule has 0 spiro atoms. The van der Waals surface area contributed by atoms with Crippen LogP contribution in [0.5, 0.6) is 0 Å². The molecule has 0 atom stereocenters. The van der Waals surface area contributed by atoms with Gasteiger partial charge in [0.15, 0.2) is 5.78 Å². The number of nitrogens with zero attached hydrogens (tertiary/aromatic N) is 2. The van der Waals surface area contributed by atoms with Crippen LogP contribution in [0.25, 0.3) is 0 Å². The van der Waals surface area contributed by atoms with E-state index in [1.54, 1.807) is 0 Å². The van der Waals surface area contributed by atoms with Gasteiger partial charge in [-0.1, -0.05) is 62.6 Å². The highest BCUT2D eigenvalue weighted by molar-refractivity contribution is 7.04. The molecule has 5 nitrogen and oxygen atoms in total. The van der Waals surface area contributed by atoms with Gasteiger partial charge in [0, 0.05) is 18.7 Å². The quantitative estimate of drug-likeness (QED) is 0.454. The maximum atomic E-state index is 11.7. The number of amides is 1. The van der Waals surface area contributed by atoms with Gasteiger partial charge in [0.05, 0.1) is 6.54 Å². The van der Waals surface area contributed by atoms with E-state index in [2.05, 4.69) is 62.5 Å². The lowest BCUT2D eigenvalue weighted by molar-refractivity contribution is -0.121. The van der Waals surface area contributed by atoms with Crippen molar-refractivity contribution in [3.8, 4) is 0 Å². The Morgan fingerprint density at radius 3 is 2.09 bits per heavy atom. The van der Waals surface area contributed by atoms with Crippen molar-refractivity contribution in [1.82, 2.24) is 4.90 Å². The van der Waals surface area contributed by atoms with Crippen molar-refractivity contribution in [2.24, 2.45) is 0 Å². The van der Waals surface area contributed by atoms with E-state index in [1.807, 2.05) is 30.3 Å². The molecule has 184 valence electrons. The number of rotatable bonds is 3. The molecule has 0 radical (unpaired) electrons. The molecule has 0 unspecified atom stereocenters. The van der Waals surface area contributed by atoms with Crippen LogP contribution >= 0.6 is 0 Å². The summed E-state index contributed by atoms with van der Waals surface area (Å²) >= 11 is 0. The number of benzene rings is 2. The van der Waals surface area contributed by atoms with E-state index in [-0.39, 0.29) is 18.9 Å². The normalized spacial score (nSPS) is 18.8. The summed E-state index contributed by atoms with van der Waals surface area (Å²) in [4.78, 5) is 24.3. The lowest BCUT2D eigenvalue weighted by atomic mass is 10.1. The average Bonchev–Trinajstić information content (AvgIpc) is 2.99. The van der Waals surface area contributed by atoms with Crippen LogP contribution in [0.3, 0.4) is 0 Å². The van der Waals surface area contributed by atoms with Crippen LogP contribution in [0, 0.1) is 13.8 Å². The first-order valence-electron chi connectivity index (χ1n) is 12.3. The Hall–Kier alpha value is -2.39. The van der Waals surface area contributed by atoms with Crippen LogP contribution in [0.4, 0.5) is 10.5 Å². The van der Waals surface area contributed by atoms with E-state index < -0.39 is 22.6 Å². The number of piperidine rings is 1. The van der Waals surface area contributed by atoms with Crippen molar-refractivity contribution in [3.63, 3.8) is 0 Å². The highest BCUT2D eigenvalue weighted by atomic mass is 28.4. The number of anilines is 1. The SMILES string of the molecule is Cc1cc(C)cc(N2[Si](C)(C)CC[Si]2(C)C)c1.O=C1CCCN(C(=O)OCc2ccccc2)C1. The molecule has 0 aromatic heterocycles. The van der Waals surface area contributed by atoms with Crippen LogP contribution in [-0.2, 0) is 16.1 Å². The molecule has 2 saturated heterocycles. The molecule has 7 heteroatoms. The smallest absolute Gasteiger partial charge is 0.410 e. The summed E-state index contributed by atoms with van der Waals surface area (Å²) in [6.07, 6.45) is 0.906. The molecule has 2 aliphatic rings. The van der Waals surface area contributed by atoms with E-state index >= 15 is 0 Å². The van der Waals surface area contributed by atoms with E-state index in [9.17, 15) is 9.59 Å². The van der Waals surface area contributed by atoms with Crippen molar-refractivity contribution >= 4 is 34.0 Å². The minimum atomic E-state index is -1.20. The van der Waals surface area contributed by atoms with Crippen LogP contribution < -0.4 is 4.23 Å². The second-order valence-electron chi connectivity index (χ2n) is 10.9. The van der Waals surface area contributed by atoms with Crippen LogP contribution in [0.1, 0.15) is 29.5 Å². The van der Waals surface area contributed by atoms with Crippen molar-refractivity contribution < 1.29 is 14.3 Å². The third kappa shape index (κ3) is 6.82. The van der Waals surface area contributed by atoms with Crippen molar-refractivity contribution in [3.05, 3.63) is 65.2 Å². The first-order valence-corrected chi connectivity index (χ1v) is 18.6. The Morgan fingerprint density at radius 1 is 0.941 bits per heavy atom. The summed E-state index contributed by atoms with van der Waals surface area (Å²) in [5, 5.41) is 0. The van der Waals surface area contributed by atoms with Gasteiger partial charge in [-0.3, -0.25) is 4.79 Å². The third-order valence-corrected chi connectivity index (χ3v) is 16.8. The van der Waals surface area contributed by atoms with Crippen molar-refractivity contribution in [2.75, 3.05) is 17.3 Å². The topological polar surface area (TPSA) is 49.9 Å². The van der Waals surface area contributed by atoms with Gasteiger partial charge in [0.25, 0.3) is 0 Å². The zero-order valence-electron chi connectivity index (χ0n) is 21.7. The van der Waals surface area contributed by atoms with Crippen LogP contribution in [0.15, 0.2) is 48.5 Å². The fourth-order valence-corrected chi connectivity index (χ4v) is 19.5. The second kappa shape index (κ2) is 10.9. The highest BCUT2D eigenvalue weighted by Gasteiger charge is 2.47. The fraction of sp³-hybridized carbons (Fsp3) is 0.481. The summed E-state index contributed by atoms with van der Waals surface area (Å²) in [6, 6.07) is 19.5. The number of aryl methyl sites for hydroxylation is 2. The minimum absolute atomic E-state index is 0.105. The van der Waals surface area contributed by atoms with Gasteiger partial charge < -0.3 is 13.9 Å². The van der Waals surface area contributed by atoms with Gasteiger partial charge in [-0.15, -0.1) is 0 Å². The number of hydrogen-bond acceptors (Lipinski definition) is 4. The molecular weight excluding hydrogens is 456 g/mol. The summed E-state index contributed by atoms with van der Waals surface area (Å²) in [5.41, 5.74) is 5.26. The molecule has 0 bridgehead atoms. The van der Waals surface area contributed by atoms with Gasteiger partial charge >= 0.3 is 6.09 Å². The predicted octanol–water partition coefficient (Wildman–Crippen LogP) is 6.52. The lowest BCUT2D eigenvalue weighted by Gasteiger charge is -2.41. The van der Waals surface area contributed by atoms with Gasteiger partial charge in [0.1, 0.15) is 23.1 Å². The molecule has 2 fully saturated rings. The second-order valence-corrected chi connectivity index (χ2v) is 20.5. The molecule has 4 rings (SSSR count). The molecule has 2 aromatic rings. The van der Waals surface area contributed by atoms with Gasteiger partial charge in [0.2, 0.25) is 0 Å². The summed E-state index contributed by atoms with van der Waals surface area (Å²) < 4.78 is 8.04. The van der Waals surface area contributed by atoms with E-state index in [1.165, 1.54) is 33.8 Å². The Morgan fingerprint density at radius 2 is 1.53 bits per heavy atom. The summed E-state index contributed by atoms with van der Waals surface area (Å²) in [6.45, 7) is 15.6. The number of ketones is 1. The van der Waals surface area contributed by atoms with E-state index in [4.69, 9.17) is 4.74 Å². The molecule has 2 aliphatic heterocycles. The van der Waals surface area contributed by atoms with Crippen molar-refractivity contribution in [2.45, 2.75) is 71.6 Å². The van der Waals surface area contributed by atoms with Crippen molar-refractivity contribution in [1.29, 1.82) is 0 Å². The van der Waals surface area contributed by atoms with Gasteiger partial charge in [-0.2, -0.15) is 0 Å². The zero-order chi connectivity index (χ0) is 24.9. The Bertz CT molecular complexity index is 972.